The van der Waals surface area contributed by atoms with Crippen molar-refractivity contribution in [3.63, 3.8) is 0 Å². The van der Waals surface area contributed by atoms with Crippen molar-refractivity contribution in [3.8, 4) is 0 Å². The molecule has 2 aromatic carbocycles. The first-order valence-electron chi connectivity index (χ1n) is 7.06. The van der Waals surface area contributed by atoms with Crippen LogP contribution >= 0.6 is 0 Å². The van der Waals surface area contributed by atoms with Crippen molar-refractivity contribution in [3.05, 3.63) is 53.6 Å². The normalized spacial score (nSPS) is 14.3. The average molecular weight is 267 g/mol. The third-order valence-corrected chi connectivity index (χ3v) is 4.19. The van der Waals surface area contributed by atoms with Gasteiger partial charge >= 0.3 is 0 Å². The second-order valence-electron chi connectivity index (χ2n) is 5.46. The first-order chi connectivity index (χ1) is 9.66. The summed E-state index contributed by atoms with van der Waals surface area (Å²) in [6, 6.07) is 14.8. The van der Waals surface area contributed by atoms with Crippen LogP contribution in [0.1, 0.15) is 11.1 Å². The Hall–Kier alpha value is -2.16. The van der Waals surface area contributed by atoms with Gasteiger partial charge in [-0.05, 0) is 36.2 Å². The molecule has 0 unspecified atom stereocenters. The topological polar surface area (TPSA) is 32.5 Å². The van der Waals surface area contributed by atoms with Crippen molar-refractivity contribution in [1.29, 1.82) is 0 Å². The van der Waals surface area contributed by atoms with Gasteiger partial charge in [-0.1, -0.05) is 24.3 Å². The Bertz CT molecular complexity index is 621. The molecule has 3 rings (SSSR count). The summed E-state index contributed by atoms with van der Waals surface area (Å²) in [5.41, 5.74) is 12.0. The number of benzene rings is 2. The van der Waals surface area contributed by atoms with Gasteiger partial charge in [0, 0.05) is 32.4 Å². The van der Waals surface area contributed by atoms with Crippen molar-refractivity contribution in [2.75, 3.05) is 35.7 Å². The van der Waals surface area contributed by atoms with E-state index in [1.54, 1.807) is 0 Å². The number of hydrogen-bond acceptors (Lipinski definition) is 3. The van der Waals surface area contributed by atoms with Gasteiger partial charge in [0.25, 0.3) is 0 Å². The minimum Gasteiger partial charge on any atom is -0.399 e. The van der Waals surface area contributed by atoms with Crippen molar-refractivity contribution < 1.29 is 0 Å². The third kappa shape index (κ3) is 2.20. The molecule has 1 aliphatic heterocycles. The zero-order valence-electron chi connectivity index (χ0n) is 12.1. The van der Waals surface area contributed by atoms with Crippen LogP contribution in [-0.4, -0.2) is 20.1 Å². The highest BCUT2D eigenvalue weighted by Crippen LogP contribution is 2.33. The number of hydrogen-bond donors (Lipinski definition) is 1. The summed E-state index contributed by atoms with van der Waals surface area (Å²) >= 11 is 0. The molecular weight excluding hydrogens is 246 g/mol. The SMILES string of the molecule is Cc1c(N)cccc1CN1CCN(C)c2ccccc21. The lowest BCUT2D eigenvalue weighted by Gasteiger charge is -2.37. The lowest BCUT2D eigenvalue weighted by molar-refractivity contribution is 0.733. The van der Waals surface area contributed by atoms with E-state index >= 15 is 0 Å². The highest BCUT2D eigenvalue weighted by Gasteiger charge is 2.20. The van der Waals surface area contributed by atoms with E-state index in [9.17, 15) is 0 Å². The molecule has 0 aliphatic carbocycles. The van der Waals surface area contributed by atoms with Gasteiger partial charge in [0.15, 0.2) is 0 Å². The smallest absolute Gasteiger partial charge is 0.0607 e. The maximum absolute atomic E-state index is 6.02. The molecule has 0 saturated carbocycles. The summed E-state index contributed by atoms with van der Waals surface area (Å²) in [7, 11) is 2.15. The van der Waals surface area contributed by atoms with E-state index < -0.39 is 0 Å². The van der Waals surface area contributed by atoms with Gasteiger partial charge in [-0.2, -0.15) is 0 Å². The Kier molecular flexibility index (Phi) is 3.26. The highest BCUT2D eigenvalue weighted by atomic mass is 15.2. The first kappa shape index (κ1) is 12.9. The van der Waals surface area contributed by atoms with E-state index in [0.717, 1.165) is 25.3 Å². The van der Waals surface area contributed by atoms with Crippen LogP contribution in [0.2, 0.25) is 0 Å². The lowest BCUT2D eigenvalue weighted by Crippen LogP contribution is -2.38. The van der Waals surface area contributed by atoms with Gasteiger partial charge in [0.1, 0.15) is 0 Å². The molecule has 0 aromatic heterocycles. The Morgan fingerprint density at radius 2 is 1.75 bits per heavy atom. The number of likely N-dealkylation sites (N-methyl/N-ethyl adjacent to an activating group) is 1. The molecule has 2 aromatic rings. The van der Waals surface area contributed by atoms with Crippen LogP contribution < -0.4 is 15.5 Å². The van der Waals surface area contributed by atoms with Gasteiger partial charge in [-0.15, -0.1) is 0 Å². The minimum atomic E-state index is 0.880. The molecule has 0 fully saturated rings. The Labute approximate surface area is 120 Å². The van der Waals surface area contributed by atoms with Crippen LogP contribution in [0.5, 0.6) is 0 Å². The molecule has 20 heavy (non-hydrogen) atoms. The summed E-state index contributed by atoms with van der Waals surface area (Å²) < 4.78 is 0. The van der Waals surface area contributed by atoms with Crippen LogP contribution in [0, 0.1) is 6.92 Å². The predicted molar refractivity (Wildman–Crippen MR) is 86.4 cm³/mol. The summed E-state index contributed by atoms with van der Waals surface area (Å²) in [5.74, 6) is 0. The number of nitrogen functional groups attached to an aromatic ring is 1. The number of nitrogens with two attached hydrogens (primary N) is 1. The quantitative estimate of drug-likeness (QED) is 0.849. The van der Waals surface area contributed by atoms with E-state index in [4.69, 9.17) is 5.73 Å². The van der Waals surface area contributed by atoms with Crippen LogP contribution in [0.4, 0.5) is 17.1 Å². The van der Waals surface area contributed by atoms with Crippen LogP contribution in [0.25, 0.3) is 0 Å². The highest BCUT2D eigenvalue weighted by molar-refractivity contribution is 5.73. The molecular formula is C17H21N3. The summed E-state index contributed by atoms with van der Waals surface area (Å²) in [5, 5.41) is 0. The molecule has 1 aliphatic rings. The van der Waals surface area contributed by atoms with Crippen LogP contribution in [0.15, 0.2) is 42.5 Å². The molecule has 0 bridgehead atoms. The molecule has 104 valence electrons. The molecule has 3 nitrogen and oxygen atoms in total. The monoisotopic (exact) mass is 267 g/mol. The fraction of sp³-hybridized carbons (Fsp3) is 0.294. The maximum atomic E-state index is 6.02. The largest absolute Gasteiger partial charge is 0.399 e. The van der Waals surface area contributed by atoms with Gasteiger partial charge in [0.2, 0.25) is 0 Å². The third-order valence-electron chi connectivity index (χ3n) is 4.19. The predicted octanol–water partition coefficient (Wildman–Crippen LogP) is 3.03. The Morgan fingerprint density at radius 3 is 2.55 bits per heavy atom. The molecule has 0 amide bonds. The second-order valence-corrected chi connectivity index (χ2v) is 5.46. The van der Waals surface area contributed by atoms with E-state index in [0.29, 0.717) is 0 Å². The fourth-order valence-corrected chi connectivity index (χ4v) is 2.81. The van der Waals surface area contributed by atoms with Crippen LogP contribution in [0.3, 0.4) is 0 Å². The summed E-state index contributed by atoms with van der Waals surface area (Å²) in [6.07, 6.45) is 0. The van der Waals surface area contributed by atoms with Crippen molar-refractivity contribution in [2.45, 2.75) is 13.5 Å². The van der Waals surface area contributed by atoms with E-state index in [1.807, 2.05) is 12.1 Å². The zero-order chi connectivity index (χ0) is 14.1. The van der Waals surface area contributed by atoms with Crippen molar-refractivity contribution in [1.82, 2.24) is 0 Å². The Morgan fingerprint density at radius 1 is 1.00 bits per heavy atom. The van der Waals surface area contributed by atoms with Gasteiger partial charge in [-0.25, -0.2) is 0 Å². The second kappa shape index (κ2) is 5.08. The number of anilines is 3. The van der Waals surface area contributed by atoms with Crippen LogP contribution in [-0.2, 0) is 6.54 Å². The standard InChI is InChI=1S/C17H21N3/c1-13-14(6-5-7-15(13)18)12-20-11-10-19(2)16-8-3-4-9-17(16)20/h3-9H,10-12,18H2,1-2H3. The van der Waals surface area contributed by atoms with Crippen molar-refractivity contribution in [2.24, 2.45) is 0 Å². The number of fused-ring (bicyclic) bond motifs is 1. The summed E-state index contributed by atoms with van der Waals surface area (Å²) in [4.78, 5) is 4.76. The lowest BCUT2D eigenvalue weighted by atomic mass is 10.1. The molecule has 3 heteroatoms. The minimum absolute atomic E-state index is 0.880. The maximum Gasteiger partial charge on any atom is 0.0607 e. The zero-order valence-corrected chi connectivity index (χ0v) is 12.1. The average Bonchev–Trinajstić information content (AvgIpc) is 2.47. The molecule has 2 N–H and O–H groups in total. The molecule has 0 spiro atoms. The van der Waals surface area contributed by atoms with E-state index in [-0.39, 0.29) is 0 Å². The molecule has 0 radical (unpaired) electrons. The van der Waals surface area contributed by atoms with Gasteiger partial charge < -0.3 is 15.5 Å². The molecule has 0 atom stereocenters. The number of para-hydroxylation sites is 2. The van der Waals surface area contributed by atoms with Gasteiger partial charge in [0.05, 0.1) is 11.4 Å². The molecule has 0 saturated heterocycles. The summed E-state index contributed by atoms with van der Waals surface area (Å²) in [6.45, 7) is 5.12. The fourth-order valence-electron chi connectivity index (χ4n) is 2.81. The first-order valence-corrected chi connectivity index (χ1v) is 7.06. The number of rotatable bonds is 2. The van der Waals surface area contributed by atoms with Gasteiger partial charge in [-0.3, -0.25) is 0 Å². The van der Waals surface area contributed by atoms with Crippen molar-refractivity contribution >= 4 is 17.1 Å². The Balaban J connectivity index is 1.93. The number of nitrogens with zero attached hydrogens (tertiary/aromatic N) is 2. The van der Waals surface area contributed by atoms with E-state index in [2.05, 4.69) is 54.1 Å². The molecule has 1 heterocycles. The van der Waals surface area contributed by atoms with E-state index in [1.165, 1.54) is 22.5 Å².